The van der Waals surface area contributed by atoms with Gasteiger partial charge in [-0.1, -0.05) is 58.9 Å². The summed E-state index contributed by atoms with van der Waals surface area (Å²) < 4.78 is 0. The van der Waals surface area contributed by atoms with Crippen LogP contribution in [0.3, 0.4) is 0 Å². The van der Waals surface area contributed by atoms with Crippen LogP contribution in [-0.4, -0.2) is 54.6 Å². The highest BCUT2D eigenvalue weighted by Gasteiger charge is 2.76. The summed E-state index contributed by atoms with van der Waals surface area (Å²) in [5.74, 6) is -6.92. The van der Waals surface area contributed by atoms with Gasteiger partial charge >= 0.3 is 0 Å². The smallest absolute Gasteiger partial charge is 0.209 e. The van der Waals surface area contributed by atoms with Crippen molar-refractivity contribution in [2.24, 2.45) is 22.7 Å². The third-order valence-corrected chi connectivity index (χ3v) is 10.3. The maximum Gasteiger partial charge on any atom is 0.209 e. The first kappa shape index (κ1) is 27.3. The van der Waals surface area contributed by atoms with Gasteiger partial charge in [0.05, 0.1) is 17.2 Å². The van der Waals surface area contributed by atoms with Crippen LogP contribution in [0.15, 0.2) is 46.9 Å². The molecule has 1 aromatic carbocycles. The quantitative estimate of drug-likeness (QED) is 0.283. The number of ketones is 3. The number of hydrogen-bond acceptors (Lipinski definition) is 8. The number of Topliss-reactive ketones (excluding diaryl/α,β-unsaturated/α-hetero) is 3. The third-order valence-electron chi connectivity index (χ3n) is 10.3. The number of aliphatic hydroxyl groups excluding tert-OH is 3. The van der Waals surface area contributed by atoms with Gasteiger partial charge in [0.15, 0.2) is 17.2 Å². The molecule has 8 heteroatoms. The van der Waals surface area contributed by atoms with E-state index < -0.39 is 74.7 Å². The van der Waals surface area contributed by atoms with Crippen molar-refractivity contribution in [1.29, 1.82) is 0 Å². The van der Waals surface area contributed by atoms with Crippen LogP contribution in [-0.2, 0) is 9.59 Å². The van der Waals surface area contributed by atoms with Gasteiger partial charge in [-0.2, -0.15) is 0 Å². The molecule has 4 aliphatic rings. The molecule has 0 bridgehead atoms. The van der Waals surface area contributed by atoms with Crippen molar-refractivity contribution in [2.45, 2.75) is 77.9 Å². The zero-order chi connectivity index (χ0) is 29.0. The highest BCUT2D eigenvalue weighted by Crippen LogP contribution is 2.67. The van der Waals surface area contributed by atoms with Gasteiger partial charge in [-0.25, -0.2) is 0 Å². The van der Waals surface area contributed by atoms with Crippen molar-refractivity contribution in [3.63, 3.8) is 0 Å². The molecule has 4 aliphatic carbocycles. The van der Waals surface area contributed by atoms with Crippen molar-refractivity contribution in [2.75, 3.05) is 0 Å². The summed E-state index contributed by atoms with van der Waals surface area (Å²) in [7, 11) is 0. The van der Waals surface area contributed by atoms with Crippen molar-refractivity contribution < 1.29 is 39.9 Å². The Morgan fingerprint density at radius 1 is 1.08 bits per heavy atom. The number of fused-ring (bicyclic) bond motifs is 3. The van der Waals surface area contributed by atoms with E-state index in [1.165, 1.54) is 6.92 Å². The molecule has 2 unspecified atom stereocenters. The van der Waals surface area contributed by atoms with Crippen LogP contribution in [0.4, 0.5) is 0 Å². The van der Waals surface area contributed by atoms with Crippen LogP contribution in [0, 0.1) is 22.7 Å². The largest absolute Gasteiger partial charge is 0.511 e. The van der Waals surface area contributed by atoms with Crippen LogP contribution < -0.4 is 0 Å². The first-order chi connectivity index (χ1) is 18.1. The van der Waals surface area contributed by atoms with E-state index in [9.17, 15) is 39.9 Å². The van der Waals surface area contributed by atoms with Crippen molar-refractivity contribution >= 4 is 17.3 Å². The summed E-state index contributed by atoms with van der Waals surface area (Å²) in [4.78, 5) is 40.5. The van der Waals surface area contributed by atoms with E-state index in [0.29, 0.717) is 11.1 Å². The fraction of sp³-hybridized carbons (Fsp3) is 0.516. The minimum atomic E-state index is -2.88. The number of benzene rings is 1. The van der Waals surface area contributed by atoms with E-state index in [2.05, 4.69) is 0 Å². The minimum Gasteiger partial charge on any atom is -0.511 e. The normalized spacial score (nSPS) is 37.8. The lowest BCUT2D eigenvalue weighted by atomic mass is 9.41. The molecular weight excluding hydrogens is 500 g/mol. The predicted octanol–water partition coefficient (Wildman–Crippen LogP) is 4.31. The van der Waals surface area contributed by atoms with Crippen molar-refractivity contribution in [3.05, 3.63) is 63.6 Å². The van der Waals surface area contributed by atoms with Gasteiger partial charge in [0.1, 0.15) is 22.8 Å². The lowest BCUT2D eigenvalue weighted by Crippen LogP contribution is -2.73. The summed E-state index contributed by atoms with van der Waals surface area (Å²) in [5, 5.41) is 58.7. The Morgan fingerprint density at radius 2 is 1.69 bits per heavy atom. The van der Waals surface area contributed by atoms with E-state index in [1.807, 2.05) is 12.2 Å². The van der Waals surface area contributed by atoms with Crippen LogP contribution in [0.5, 0.6) is 5.75 Å². The van der Waals surface area contributed by atoms with Gasteiger partial charge < -0.3 is 25.5 Å². The van der Waals surface area contributed by atoms with E-state index in [-0.39, 0.29) is 22.8 Å². The second-order valence-corrected chi connectivity index (χ2v) is 12.4. The van der Waals surface area contributed by atoms with Crippen LogP contribution >= 0.6 is 0 Å². The first-order valence-corrected chi connectivity index (χ1v) is 13.5. The number of hydrogen-bond donors (Lipinski definition) is 5. The standard InChI is InChI=1S/C31H36O8/c1-13(2)21-24(34)19(15(4)32)26(36)31(39)27(37)22-25(35)20-17(14(3)29(22,5)28(38)30(21,31)6)11-12-18(23(20)33)16-9-7-8-10-16/h7,9,11-14,16,21,28,33-34,37-39H,8,10H2,1-6H3/t14-,16?,21?,28-,29+,30+,31+/m1/s1. The Labute approximate surface area is 227 Å². The SMILES string of the molecule is CC(=O)C1=C(O)C(C(C)C)[C@@]2(C)[C@H](O)[C@]3(C)C(=C(O)[C@@]2(O)C1=O)C(=O)c1c(ccc(C2C=CCC2)c1O)[C@H]3C. The van der Waals surface area contributed by atoms with E-state index in [0.717, 1.165) is 19.8 Å². The summed E-state index contributed by atoms with van der Waals surface area (Å²) in [6, 6.07) is 3.53. The zero-order valence-electron chi connectivity index (χ0n) is 23.1. The molecule has 39 heavy (non-hydrogen) atoms. The number of phenolic OH excluding ortho intramolecular Hbond substituents is 1. The molecule has 0 amide bonds. The number of rotatable bonds is 3. The average Bonchev–Trinajstić information content (AvgIpc) is 3.38. The molecule has 0 saturated heterocycles. The maximum atomic E-state index is 14.2. The molecular formula is C31H36O8. The lowest BCUT2D eigenvalue weighted by molar-refractivity contribution is -0.211. The van der Waals surface area contributed by atoms with E-state index >= 15 is 0 Å². The summed E-state index contributed by atoms with van der Waals surface area (Å²) in [6.45, 7) is 9.26. The number of phenols is 1. The molecule has 0 fully saturated rings. The molecule has 0 aliphatic heterocycles. The van der Waals surface area contributed by atoms with Crippen LogP contribution in [0.2, 0.25) is 0 Å². The average molecular weight is 537 g/mol. The minimum absolute atomic E-state index is 0.0347. The third kappa shape index (κ3) is 2.99. The molecule has 5 rings (SSSR count). The second-order valence-electron chi connectivity index (χ2n) is 12.4. The van der Waals surface area contributed by atoms with E-state index in [4.69, 9.17) is 0 Å². The van der Waals surface area contributed by atoms with Gasteiger partial charge in [0.2, 0.25) is 5.78 Å². The highest BCUT2D eigenvalue weighted by molar-refractivity contribution is 6.25. The molecule has 0 spiro atoms. The van der Waals surface area contributed by atoms with Crippen molar-refractivity contribution in [3.8, 4) is 5.75 Å². The van der Waals surface area contributed by atoms with Gasteiger partial charge in [-0.15, -0.1) is 0 Å². The molecule has 0 radical (unpaired) electrons. The van der Waals surface area contributed by atoms with Crippen LogP contribution in [0.25, 0.3) is 0 Å². The number of carbonyl (C=O) groups excluding carboxylic acids is 3. The Morgan fingerprint density at radius 3 is 2.23 bits per heavy atom. The molecule has 7 atom stereocenters. The Kier molecular flexibility index (Phi) is 5.88. The topological polar surface area (TPSA) is 152 Å². The molecule has 5 N–H and O–H groups in total. The summed E-state index contributed by atoms with van der Waals surface area (Å²) >= 11 is 0. The van der Waals surface area contributed by atoms with Gasteiger partial charge in [-0.3, -0.25) is 14.4 Å². The van der Waals surface area contributed by atoms with E-state index in [1.54, 1.807) is 39.8 Å². The predicted molar refractivity (Wildman–Crippen MR) is 142 cm³/mol. The number of carbonyl (C=O) groups is 3. The van der Waals surface area contributed by atoms with Gasteiger partial charge in [0.25, 0.3) is 0 Å². The highest BCUT2D eigenvalue weighted by atomic mass is 16.4. The Balaban J connectivity index is 1.85. The first-order valence-electron chi connectivity index (χ1n) is 13.5. The zero-order valence-corrected chi connectivity index (χ0v) is 23.1. The maximum absolute atomic E-state index is 14.2. The summed E-state index contributed by atoms with van der Waals surface area (Å²) in [5.41, 5.74) is -6.33. The number of aliphatic hydroxyl groups is 4. The number of allylic oxidation sites excluding steroid dienone is 3. The fourth-order valence-corrected chi connectivity index (χ4v) is 8.15. The fourth-order valence-electron chi connectivity index (χ4n) is 8.15. The van der Waals surface area contributed by atoms with Gasteiger partial charge in [-0.05, 0) is 37.2 Å². The van der Waals surface area contributed by atoms with Gasteiger partial charge in [0, 0.05) is 28.2 Å². The summed E-state index contributed by atoms with van der Waals surface area (Å²) in [6.07, 6.45) is 3.95. The Hall–Kier alpha value is -3.23. The molecule has 0 aromatic heterocycles. The molecule has 8 nitrogen and oxygen atoms in total. The molecule has 0 saturated carbocycles. The second kappa shape index (κ2) is 8.38. The molecule has 0 heterocycles. The van der Waals surface area contributed by atoms with Crippen molar-refractivity contribution in [1.82, 2.24) is 0 Å². The Bertz CT molecular complexity index is 1430. The van der Waals surface area contributed by atoms with Crippen LogP contribution in [0.1, 0.15) is 87.7 Å². The molecule has 1 aromatic rings. The molecule has 208 valence electrons. The monoisotopic (exact) mass is 536 g/mol. The number of aromatic hydroxyl groups is 1. The lowest BCUT2D eigenvalue weighted by Gasteiger charge is -2.63.